The molecule has 0 saturated carbocycles. The second-order valence-electron chi connectivity index (χ2n) is 6.42. The lowest BCUT2D eigenvalue weighted by atomic mass is 10.2. The third-order valence-electron chi connectivity index (χ3n) is 3.32. The van der Waals surface area contributed by atoms with Crippen molar-refractivity contribution < 1.29 is 4.74 Å². The zero-order valence-electron chi connectivity index (χ0n) is 13.0. The molecule has 20 heavy (non-hydrogen) atoms. The molecule has 2 heterocycles. The van der Waals surface area contributed by atoms with E-state index in [0.29, 0.717) is 11.6 Å². The summed E-state index contributed by atoms with van der Waals surface area (Å²) in [5.41, 5.74) is 6.27. The fourth-order valence-electron chi connectivity index (χ4n) is 2.26. The number of nitrogens with zero attached hydrogens (tertiary/aromatic N) is 3. The number of nitrogens with two attached hydrogens (primary N) is 1. The molecule has 0 unspecified atom stereocenters. The summed E-state index contributed by atoms with van der Waals surface area (Å²) in [6, 6.07) is 3.87. The van der Waals surface area contributed by atoms with E-state index >= 15 is 0 Å². The topological polar surface area (TPSA) is 54.6 Å². The Morgan fingerprint density at radius 2 is 1.90 bits per heavy atom. The lowest BCUT2D eigenvalue weighted by molar-refractivity contribution is 0.125. The van der Waals surface area contributed by atoms with Crippen LogP contribution in [0.25, 0.3) is 0 Å². The van der Waals surface area contributed by atoms with E-state index in [1.165, 1.54) is 0 Å². The largest absolute Gasteiger partial charge is 0.470 e. The van der Waals surface area contributed by atoms with Crippen LogP contribution in [0.5, 0.6) is 5.88 Å². The minimum absolute atomic E-state index is 0.293. The normalized spacial score (nSPS) is 17.9. The smallest absolute Gasteiger partial charge is 0.239 e. The maximum absolute atomic E-state index is 5.96. The van der Waals surface area contributed by atoms with Gasteiger partial charge < -0.3 is 20.3 Å². The van der Waals surface area contributed by atoms with Crippen LogP contribution >= 0.6 is 0 Å². The predicted octanol–water partition coefficient (Wildman–Crippen LogP) is 1.98. The predicted molar refractivity (Wildman–Crippen MR) is 83.4 cm³/mol. The van der Waals surface area contributed by atoms with Gasteiger partial charge in [-0.15, -0.1) is 0 Å². The van der Waals surface area contributed by atoms with E-state index in [2.05, 4.69) is 21.8 Å². The minimum atomic E-state index is -0.293. The Hall–Kier alpha value is -1.49. The third kappa shape index (κ3) is 4.00. The molecular weight excluding hydrogens is 252 g/mol. The summed E-state index contributed by atoms with van der Waals surface area (Å²) in [4.78, 5) is 9.26. The number of anilines is 2. The van der Waals surface area contributed by atoms with E-state index < -0.39 is 0 Å². The first-order valence-corrected chi connectivity index (χ1v) is 7.24. The van der Waals surface area contributed by atoms with Crippen molar-refractivity contribution in [1.29, 1.82) is 0 Å². The van der Waals surface area contributed by atoms with Crippen molar-refractivity contribution in [1.82, 2.24) is 9.88 Å². The van der Waals surface area contributed by atoms with Crippen LogP contribution in [0.15, 0.2) is 12.1 Å². The molecule has 0 atom stereocenters. The van der Waals surface area contributed by atoms with Gasteiger partial charge in [0.2, 0.25) is 5.88 Å². The maximum Gasteiger partial charge on any atom is 0.239 e. The molecule has 2 N–H and O–H groups in total. The molecule has 1 aromatic heterocycles. The van der Waals surface area contributed by atoms with Gasteiger partial charge in [0.05, 0.1) is 5.69 Å². The quantitative estimate of drug-likeness (QED) is 0.896. The number of aromatic nitrogens is 1. The van der Waals surface area contributed by atoms with E-state index in [0.717, 1.165) is 38.4 Å². The van der Waals surface area contributed by atoms with Crippen molar-refractivity contribution in [3.8, 4) is 5.88 Å². The van der Waals surface area contributed by atoms with Crippen molar-refractivity contribution in [2.24, 2.45) is 0 Å². The molecule has 1 aliphatic heterocycles. The molecule has 1 fully saturated rings. The highest BCUT2D eigenvalue weighted by Gasteiger charge is 2.18. The number of nitrogen functional groups attached to an aromatic ring is 1. The fourth-order valence-corrected chi connectivity index (χ4v) is 2.26. The molecule has 5 nitrogen and oxygen atoms in total. The summed E-state index contributed by atoms with van der Waals surface area (Å²) in [5.74, 6) is 1.49. The molecule has 0 aliphatic carbocycles. The summed E-state index contributed by atoms with van der Waals surface area (Å²) >= 11 is 0. The first-order valence-electron chi connectivity index (χ1n) is 7.24. The van der Waals surface area contributed by atoms with E-state index in [9.17, 15) is 0 Å². The second kappa shape index (κ2) is 5.87. The molecule has 0 amide bonds. The van der Waals surface area contributed by atoms with Gasteiger partial charge in [0.25, 0.3) is 0 Å². The highest BCUT2D eigenvalue weighted by atomic mass is 16.5. The van der Waals surface area contributed by atoms with Crippen molar-refractivity contribution in [2.45, 2.75) is 32.8 Å². The summed E-state index contributed by atoms with van der Waals surface area (Å²) in [7, 11) is 2.16. The summed E-state index contributed by atoms with van der Waals surface area (Å²) in [5, 5.41) is 0. The van der Waals surface area contributed by atoms with Crippen molar-refractivity contribution >= 4 is 11.5 Å². The first kappa shape index (κ1) is 14.9. The van der Waals surface area contributed by atoms with Crippen LogP contribution in [0.3, 0.4) is 0 Å². The number of pyridine rings is 1. The lowest BCUT2D eigenvalue weighted by Gasteiger charge is -2.25. The SMILES string of the molecule is CN1CCCN(c2ccc(N)c(OC(C)(C)C)n2)CC1. The zero-order chi connectivity index (χ0) is 14.8. The number of hydrogen-bond donors (Lipinski definition) is 1. The van der Waals surface area contributed by atoms with Gasteiger partial charge in [0.15, 0.2) is 0 Å². The molecule has 0 bridgehead atoms. The Kier molecular flexibility index (Phi) is 4.38. The van der Waals surface area contributed by atoms with Crippen molar-refractivity contribution in [3.63, 3.8) is 0 Å². The second-order valence-corrected chi connectivity index (χ2v) is 6.42. The summed E-state index contributed by atoms with van der Waals surface area (Å²) in [6.07, 6.45) is 1.15. The molecular formula is C15H26N4O. The molecule has 112 valence electrons. The van der Waals surface area contributed by atoms with E-state index in [1.54, 1.807) is 0 Å². The van der Waals surface area contributed by atoms with Gasteiger partial charge in [-0.05, 0) is 52.9 Å². The molecule has 1 aromatic rings. The highest BCUT2D eigenvalue weighted by Crippen LogP contribution is 2.26. The van der Waals surface area contributed by atoms with Crippen molar-refractivity contribution in [2.75, 3.05) is 43.9 Å². The van der Waals surface area contributed by atoms with Gasteiger partial charge in [-0.2, -0.15) is 4.98 Å². The van der Waals surface area contributed by atoms with Crippen LogP contribution in [0.1, 0.15) is 27.2 Å². The van der Waals surface area contributed by atoms with Crippen LogP contribution in [0.4, 0.5) is 11.5 Å². The van der Waals surface area contributed by atoms with Gasteiger partial charge in [-0.1, -0.05) is 0 Å². The van der Waals surface area contributed by atoms with Gasteiger partial charge in [-0.25, -0.2) is 0 Å². The van der Waals surface area contributed by atoms with Gasteiger partial charge >= 0.3 is 0 Å². The Bertz CT molecular complexity index is 456. The van der Waals surface area contributed by atoms with Crippen LogP contribution in [-0.4, -0.2) is 48.7 Å². The highest BCUT2D eigenvalue weighted by molar-refractivity contribution is 5.54. The first-order chi connectivity index (χ1) is 9.35. The third-order valence-corrected chi connectivity index (χ3v) is 3.32. The Labute approximate surface area is 121 Å². The molecule has 1 saturated heterocycles. The van der Waals surface area contributed by atoms with Crippen LogP contribution in [-0.2, 0) is 0 Å². The number of hydrogen-bond acceptors (Lipinski definition) is 5. The number of likely N-dealkylation sites (N-methyl/N-ethyl adjacent to an activating group) is 1. The monoisotopic (exact) mass is 278 g/mol. The zero-order valence-corrected chi connectivity index (χ0v) is 13.0. The molecule has 0 aromatic carbocycles. The van der Waals surface area contributed by atoms with Crippen LogP contribution in [0, 0.1) is 0 Å². The Balaban J connectivity index is 2.18. The average Bonchev–Trinajstić information content (AvgIpc) is 2.55. The van der Waals surface area contributed by atoms with E-state index in [-0.39, 0.29) is 5.60 Å². The summed E-state index contributed by atoms with van der Waals surface area (Å²) in [6.45, 7) is 10.2. The van der Waals surface area contributed by atoms with Gasteiger partial charge in [0, 0.05) is 19.6 Å². The molecule has 5 heteroatoms. The Morgan fingerprint density at radius 1 is 1.15 bits per heavy atom. The van der Waals surface area contributed by atoms with Crippen molar-refractivity contribution in [3.05, 3.63) is 12.1 Å². The molecule has 1 aliphatic rings. The standard InChI is InChI=1S/C15H26N4O/c1-15(2,3)20-14-12(16)6-7-13(17-14)19-9-5-8-18(4)10-11-19/h6-7H,5,8-11,16H2,1-4H3. The number of rotatable bonds is 2. The Morgan fingerprint density at radius 3 is 2.60 bits per heavy atom. The molecule has 2 rings (SSSR count). The van der Waals surface area contributed by atoms with E-state index in [1.807, 2.05) is 32.9 Å². The summed E-state index contributed by atoms with van der Waals surface area (Å²) < 4.78 is 5.84. The maximum atomic E-state index is 5.96. The molecule has 0 radical (unpaired) electrons. The molecule has 0 spiro atoms. The van der Waals surface area contributed by atoms with Gasteiger partial charge in [0.1, 0.15) is 11.4 Å². The van der Waals surface area contributed by atoms with Gasteiger partial charge in [-0.3, -0.25) is 0 Å². The minimum Gasteiger partial charge on any atom is -0.470 e. The lowest BCUT2D eigenvalue weighted by Crippen LogP contribution is -2.30. The van der Waals surface area contributed by atoms with Crippen LogP contribution in [0.2, 0.25) is 0 Å². The fraction of sp³-hybridized carbons (Fsp3) is 0.667. The number of ether oxygens (including phenoxy) is 1. The average molecular weight is 278 g/mol. The van der Waals surface area contributed by atoms with E-state index in [4.69, 9.17) is 10.5 Å². The van der Waals surface area contributed by atoms with Crippen LogP contribution < -0.4 is 15.4 Å².